The highest BCUT2D eigenvalue weighted by atomic mass is 35.5. The van der Waals surface area contributed by atoms with Gasteiger partial charge in [0.05, 0.1) is 22.2 Å². The van der Waals surface area contributed by atoms with Crippen LogP contribution in [0.2, 0.25) is 10.0 Å². The number of carboxylic acid groups (broad SMARTS) is 1. The van der Waals surface area contributed by atoms with Gasteiger partial charge in [-0.3, -0.25) is 4.79 Å². The van der Waals surface area contributed by atoms with Gasteiger partial charge in [-0.15, -0.1) is 0 Å². The molecule has 1 N–H and O–H groups in total. The van der Waals surface area contributed by atoms with Crippen molar-refractivity contribution < 1.29 is 9.90 Å². The Morgan fingerprint density at radius 2 is 1.63 bits per heavy atom. The number of rotatable bonds is 6. The Hall–Kier alpha value is -2.95. The molecule has 1 aromatic heterocycles. The lowest BCUT2D eigenvalue weighted by Gasteiger charge is -2.22. The summed E-state index contributed by atoms with van der Waals surface area (Å²) in [5, 5.41) is 11.4. The molecule has 30 heavy (non-hydrogen) atoms. The maximum atomic E-state index is 11.2. The molecule has 0 saturated carbocycles. The molecule has 0 amide bonds. The van der Waals surface area contributed by atoms with Crippen LogP contribution in [0.3, 0.4) is 0 Å². The monoisotopic (exact) mass is 438 g/mol. The van der Waals surface area contributed by atoms with Crippen LogP contribution in [0.25, 0.3) is 10.9 Å². The molecule has 0 aliphatic carbocycles. The molecule has 1 heterocycles. The number of benzene rings is 3. The Bertz CT molecular complexity index is 1200. The Labute approximate surface area is 184 Å². The Morgan fingerprint density at radius 3 is 2.30 bits per heavy atom. The van der Waals surface area contributed by atoms with Crippen LogP contribution in [-0.2, 0) is 17.8 Å². The fourth-order valence-corrected chi connectivity index (χ4v) is 4.37. The first kappa shape index (κ1) is 20.3. The lowest BCUT2D eigenvalue weighted by molar-refractivity contribution is -0.136. The quantitative estimate of drug-likeness (QED) is 0.379. The number of fused-ring (bicyclic) bond motifs is 1. The van der Waals surface area contributed by atoms with Crippen molar-refractivity contribution in [2.75, 3.05) is 11.9 Å². The first-order valence-electron chi connectivity index (χ1n) is 9.49. The average molecular weight is 439 g/mol. The second-order valence-electron chi connectivity index (χ2n) is 7.17. The normalized spacial score (nSPS) is 11.0. The van der Waals surface area contributed by atoms with E-state index in [1.165, 1.54) is 0 Å². The van der Waals surface area contributed by atoms with Crippen molar-refractivity contribution >= 4 is 51.4 Å². The van der Waals surface area contributed by atoms with Crippen LogP contribution in [0, 0.1) is 0 Å². The summed E-state index contributed by atoms with van der Waals surface area (Å²) in [6.45, 7) is 0.650. The minimum absolute atomic E-state index is 0.00976. The summed E-state index contributed by atoms with van der Waals surface area (Å²) < 4.78 is 2.09. The third-order valence-corrected chi connectivity index (χ3v) is 5.77. The van der Waals surface area contributed by atoms with Crippen LogP contribution in [-0.4, -0.2) is 22.7 Å². The van der Waals surface area contributed by atoms with E-state index in [0.717, 1.165) is 33.4 Å². The van der Waals surface area contributed by atoms with Crippen LogP contribution in [0.4, 0.5) is 11.4 Å². The topological polar surface area (TPSA) is 45.5 Å². The standard InChI is InChI=1S/C24H20Cl2N2O2/c1-27(24-20(25)6-4-7-21(24)26)18-11-9-16(10-12-18)14-28-15-17(13-23(29)30)19-5-2-3-8-22(19)28/h2-12,15H,13-14H2,1H3,(H,29,30). The van der Waals surface area contributed by atoms with Gasteiger partial charge in [0.15, 0.2) is 0 Å². The van der Waals surface area contributed by atoms with Crippen LogP contribution < -0.4 is 4.90 Å². The van der Waals surface area contributed by atoms with Crippen molar-refractivity contribution in [1.29, 1.82) is 0 Å². The van der Waals surface area contributed by atoms with Crippen molar-refractivity contribution in [3.63, 3.8) is 0 Å². The maximum absolute atomic E-state index is 11.2. The molecule has 4 aromatic rings. The summed E-state index contributed by atoms with van der Waals surface area (Å²) in [5.41, 5.74) is 4.70. The number of para-hydroxylation sites is 2. The molecule has 0 bridgehead atoms. The van der Waals surface area contributed by atoms with Crippen molar-refractivity contribution in [3.8, 4) is 0 Å². The number of hydrogen-bond donors (Lipinski definition) is 1. The zero-order valence-corrected chi connectivity index (χ0v) is 17.9. The zero-order chi connectivity index (χ0) is 21.3. The first-order valence-corrected chi connectivity index (χ1v) is 10.2. The lowest BCUT2D eigenvalue weighted by Crippen LogP contribution is -2.10. The lowest BCUT2D eigenvalue weighted by atomic mass is 10.1. The maximum Gasteiger partial charge on any atom is 0.307 e. The predicted molar refractivity (Wildman–Crippen MR) is 123 cm³/mol. The van der Waals surface area contributed by atoms with Gasteiger partial charge in [0.25, 0.3) is 0 Å². The van der Waals surface area contributed by atoms with E-state index in [2.05, 4.69) is 16.7 Å². The number of anilines is 2. The minimum atomic E-state index is -0.830. The van der Waals surface area contributed by atoms with E-state index in [4.69, 9.17) is 23.2 Å². The fraction of sp³-hybridized carbons (Fsp3) is 0.125. The SMILES string of the molecule is CN(c1ccc(Cn2cc(CC(=O)O)c3ccccc32)cc1)c1c(Cl)cccc1Cl. The fourth-order valence-electron chi connectivity index (χ4n) is 3.72. The molecule has 0 unspecified atom stereocenters. The predicted octanol–water partition coefficient (Wildman–Crippen LogP) is 6.39. The van der Waals surface area contributed by atoms with Crippen molar-refractivity contribution in [2.45, 2.75) is 13.0 Å². The van der Waals surface area contributed by atoms with Crippen molar-refractivity contribution in [3.05, 3.63) is 94.1 Å². The number of carbonyl (C=O) groups is 1. The van der Waals surface area contributed by atoms with Gasteiger partial charge < -0.3 is 14.6 Å². The summed E-state index contributed by atoms with van der Waals surface area (Å²) in [4.78, 5) is 13.2. The molecule has 3 aromatic carbocycles. The van der Waals surface area contributed by atoms with Crippen LogP contribution in [0.15, 0.2) is 72.9 Å². The number of halogens is 2. The molecule has 6 heteroatoms. The molecule has 0 saturated heterocycles. The average Bonchev–Trinajstić information content (AvgIpc) is 3.05. The van der Waals surface area contributed by atoms with Gasteiger partial charge in [0.1, 0.15) is 0 Å². The van der Waals surface area contributed by atoms with E-state index in [9.17, 15) is 9.90 Å². The molecular weight excluding hydrogens is 419 g/mol. The molecule has 0 fully saturated rings. The number of aromatic nitrogens is 1. The third-order valence-electron chi connectivity index (χ3n) is 5.16. The number of nitrogens with zero attached hydrogens (tertiary/aromatic N) is 2. The van der Waals surface area contributed by atoms with Crippen LogP contribution >= 0.6 is 23.2 Å². The highest BCUT2D eigenvalue weighted by Crippen LogP contribution is 2.36. The van der Waals surface area contributed by atoms with Crippen molar-refractivity contribution in [2.24, 2.45) is 0 Å². The minimum Gasteiger partial charge on any atom is -0.481 e. The van der Waals surface area contributed by atoms with Crippen LogP contribution in [0.5, 0.6) is 0 Å². The molecule has 0 aliphatic rings. The number of carboxylic acids is 1. The highest BCUT2D eigenvalue weighted by Gasteiger charge is 2.14. The van der Waals surface area contributed by atoms with Gasteiger partial charge in [-0.1, -0.05) is 59.6 Å². The highest BCUT2D eigenvalue weighted by molar-refractivity contribution is 6.39. The van der Waals surface area contributed by atoms with E-state index >= 15 is 0 Å². The van der Waals surface area contributed by atoms with Gasteiger partial charge >= 0.3 is 5.97 Å². The Kier molecular flexibility index (Phi) is 5.71. The number of aliphatic carboxylic acids is 1. The Balaban J connectivity index is 1.61. The van der Waals surface area contributed by atoms with Gasteiger partial charge in [-0.2, -0.15) is 0 Å². The van der Waals surface area contributed by atoms with Crippen LogP contribution in [0.1, 0.15) is 11.1 Å². The van der Waals surface area contributed by atoms with Gasteiger partial charge in [0.2, 0.25) is 0 Å². The molecule has 0 spiro atoms. The zero-order valence-electron chi connectivity index (χ0n) is 16.3. The summed E-state index contributed by atoms with van der Waals surface area (Å²) in [5.74, 6) is -0.830. The number of hydrogen-bond acceptors (Lipinski definition) is 2. The van der Waals surface area contributed by atoms with E-state index in [1.807, 2.05) is 72.7 Å². The molecule has 0 atom stereocenters. The second kappa shape index (κ2) is 8.42. The van der Waals surface area contributed by atoms with E-state index in [1.54, 1.807) is 0 Å². The molecule has 4 nitrogen and oxygen atoms in total. The van der Waals surface area contributed by atoms with E-state index < -0.39 is 5.97 Å². The molecule has 4 rings (SSSR count). The smallest absolute Gasteiger partial charge is 0.307 e. The van der Waals surface area contributed by atoms with Crippen molar-refractivity contribution in [1.82, 2.24) is 4.57 Å². The van der Waals surface area contributed by atoms with E-state index in [-0.39, 0.29) is 6.42 Å². The molecule has 152 valence electrons. The summed E-state index contributed by atoms with van der Waals surface area (Å²) in [6.07, 6.45) is 1.94. The summed E-state index contributed by atoms with van der Waals surface area (Å²) in [6, 6.07) is 21.5. The second-order valence-corrected chi connectivity index (χ2v) is 7.98. The summed E-state index contributed by atoms with van der Waals surface area (Å²) in [7, 11) is 1.93. The molecule has 0 aliphatic heterocycles. The molecule has 0 radical (unpaired) electrons. The van der Waals surface area contributed by atoms with Gasteiger partial charge in [-0.25, -0.2) is 0 Å². The molecular formula is C24H20Cl2N2O2. The Morgan fingerprint density at radius 1 is 0.967 bits per heavy atom. The van der Waals surface area contributed by atoms with Gasteiger partial charge in [0, 0.05) is 36.4 Å². The summed E-state index contributed by atoms with van der Waals surface area (Å²) >= 11 is 12.7. The third kappa shape index (κ3) is 4.02. The largest absolute Gasteiger partial charge is 0.481 e. The van der Waals surface area contributed by atoms with E-state index in [0.29, 0.717) is 16.6 Å². The van der Waals surface area contributed by atoms with Gasteiger partial charge in [-0.05, 0) is 41.5 Å². The first-order chi connectivity index (χ1) is 14.4.